The Morgan fingerprint density at radius 3 is 2.75 bits per heavy atom. The molecule has 4 nitrogen and oxygen atoms in total. The second-order valence-corrected chi connectivity index (χ2v) is 6.35. The molecule has 0 spiro atoms. The fraction of sp³-hybridized carbons (Fsp3) is 0.400. The van der Waals surface area contributed by atoms with E-state index in [-0.39, 0.29) is 11.8 Å². The lowest BCUT2D eigenvalue weighted by Gasteiger charge is -2.33. The molecule has 108 valence electrons. The van der Waals surface area contributed by atoms with E-state index in [9.17, 15) is 4.79 Å². The number of furan rings is 1. The van der Waals surface area contributed by atoms with Gasteiger partial charge in [0.25, 0.3) is 5.91 Å². The molecular weight excluding hydrogens is 320 g/mol. The van der Waals surface area contributed by atoms with Gasteiger partial charge in [-0.25, -0.2) is 0 Å². The van der Waals surface area contributed by atoms with Gasteiger partial charge in [-0.2, -0.15) is 0 Å². The fourth-order valence-corrected chi connectivity index (χ4v) is 2.35. The van der Waals surface area contributed by atoms with Gasteiger partial charge in [0.15, 0.2) is 5.76 Å². The minimum Gasteiger partial charge on any atom is -0.450 e. The van der Waals surface area contributed by atoms with Crippen molar-refractivity contribution in [3.8, 4) is 0 Å². The molecule has 2 rings (SSSR count). The molecule has 2 aromatic rings. The summed E-state index contributed by atoms with van der Waals surface area (Å²) in [4.78, 5) is 12.3. The number of nitrogens with two attached hydrogens (primary N) is 1. The van der Waals surface area contributed by atoms with Crippen LogP contribution in [0.4, 0.5) is 0 Å². The van der Waals surface area contributed by atoms with Crippen LogP contribution in [0.25, 0.3) is 11.0 Å². The summed E-state index contributed by atoms with van der Waals surface area (Å²) < 4.78 is 6.46. The van der Waals surface area contributed by atoms with Crippen LogP contribution in [-0.2, 0) is 0 Å². The maximum absolute atomic E-state index is 12.3. The molecule has 1 unspecified atom stereocenters. The standard InChI is InChI=1S/C15H19BrN2O2/c1-9(2)15(3,8-17)18-14(19)12-7-10-5-4-6-11(16)13(10)20-12/h4-7,9H,8,17H2,1-3H3,(H,18,19). The normalized spacial score (nSPS) is 14.5. The molecule has 0 aliphatic rings. The van der Waals surface area contributed by atoms with Crippen LogP contribution in [0.2, 0.25) is 0 Å². The number of fused-ring (bicyclic) bond motifs is 1. The summed E-state index contributed by atoms with van der Waals surface area (Å²) in [6, 6.07) is 7.44. The molecule has 3 N–H and O–H groups in total. The third-order valence-electron chi connectivity index (χ3n) is 3.82. The van der Waals surface area contributed by atoms with Gasteiger partial charge >= 0.3 is 0 Å². The van der Waals surface area contributed by atoms with Crippen molar-refractivity contribution in [1.29, 1.82) is 0 Å². The van der Waals surface area contributed by atoms with Crippen molar-refractivity contribution >= 4 is 32.8 Å². The molecule has 0 aliphatic heterocycles. The predicted molar refractivity (Wildman–Crippen MR) is 83.7 cm³/mol. The molecule has 5 heteroatoms. The average molecular weight is 339 g/mol. The van der Waals surface area contributed by atoms with Crippen molar-refractivity contribution in [1.82, 2.24) is 5.32 Å². The van der Waals surface area contributed by atoms with Crippen molar-refractivity contribution < 1.29 is 9.21 Å². The second-order valence-electron chi connectivity index (χ2n) is 5.50. The summed E-state index contributed by atoms with van der Waals surface area (Å²) in [5.74, 6) is 0.287. The largest absolute Gasteiger partial charge is 0.450 e. The molecule has 20 heavy (non-hydrogen) atoms. The number of carbonyl (C=O) groups is 1. The summed E-state index contributed by atoms with van der Waals surface area (Å²) in [7, 11) is 0. The van der Waals surface area contributed by atoms with Gasteiger partial charge in [0.05, 0.1) is 10.0 Å². The maximum Gasteiger partial charge on any atom is 0.287 e. The van der Waals surface area contributed by atoms with Crippen molar-refractivity contribution in [2.75, 3.05) is 6.54 Å². The van der Waals surface area contributed by atoms with Gasteiger partial charge in [-0.3, -0.25) is 4.79 Å². The Balaban J connectivity index is 2.30. The highest BCUT2D eigenvalue weighted by molar-refractivity contribution is 9.10. The van der Waals surface area contributed by atoms with Gasteiger partial charge in [0.2, 0.25) is 0 Å². The zero-order chi connectivity index (χ0) is 14.9. The maximum atomic E-state index is 12.3. The Morgan fingerprint density at radius 1 is 1.50 bits per heavy atom. The third-order valence-corrected chi connectivity index (χ3v) is 4.44. The topological polar surface area (TPSA) is 68.3 Å². The first-order valence-corrected chi connectivity index (χ1v) is 7.37. The van der Waals surface area contributed by atoms with Crippen LogP contribution in [0.5, 0.6) is 0 Å². The number of benzene rings is 1. The number of para-hydroxylation sites is 1. The first kappa shape index (κ1) is 15.1. The number of amides is 1. The Kier molecular flexibility index (Phi) is 4.20. The van der Waals surface area contributed by atoms with Gasteiger partial charge in [-0.05, 0) is 40.9 Å². The van der Waals surface area contributed by atoms with Gasteiger partial charge < -0.3 is 15.5 Å². The monoisotopic (exact) mass is 338 g/mol. The van der Waals surface area contributed by atoms with E-state index in [1.807, 2.05) is 39.0 Å². The number of hydrogen-bond donors (Lipinski definition) is 2. The SMILES string of the molecule is CC(C)C(C)(CN)NC(=O)c1cc2cccc(Br)c2o1. The number of carbonyl (C=O) groups excluding carboxylic acids is 1. The summed E-state index contributed by atoms with van der Waals surface area (Å²) >= 11 is 3.41. The Bertz CT molecular complexity index is 636. The highest BCUT2D eigenvalue weighted by Crippen LogP contribution is 2.27. The second kappa shape index (κ2) is 5.58. The Labute approximate surface area is 126 Å². The number of nitrogens with one attached hydrogen (secondary N) is 1. The van der Waals surface area contributed by atoms with Crippen molar-refractivity contribution in [3.05, 3.63) is 34.5 Å². The third kappa shape index (κ3) is 2.74. The molecule has 0 saturated heterocycles. The van der Waals surface area contributed by atoms with Crippen LogP contribution in [0.3, 0.4) is 0 Å². The average Bonchev–Trinajstić information content (AvgIpc) is 2.84. The van der Waals surface area contributed by atoms with Crippen molar-refractivity contribution in [2.45, 2.75) is 26.3 Å². The van der Waals surface area contributed by atoms with E-state index in [1.165, 1.54) is 0 Å². The molecule has 1 aromatic heterocycles. The van der Waals surface area contributed by atoms with E-state index < -0.39 is 5.54 Å². The first-order chi connectivity index (χ1) is 9.37. The number of hydrogen-bond acceptors (Lipinski definition) is 3. The lowest BCUT2D eigenvalue weighted by molar-refractivity contribution is 0.0856. The van der Waals surface area contributed by atoms with E-state index in [2.05, 4.69) is 21.2 Å². The first-order valence-electron chi connectivity index (χ1n) is 6.58. The smallest absolute Gasteiger partial charge is 0.287 e. The van der Waals surface area contributed by atoms with Gasteiger partial charge in [0, 0.05) is 11.9 Å². The Hall–Kier alpha value is -1.33. The Morgan fingerprint density at radius 2 is 2.20 bits per heavy atom. The number of halogens is 1. The summed E-state index contributed by atoms with van der Waals surface area (Å²) in [5, 5.41) is 3.86. The van der Waals surface area contributed by atoms with Gasteiger partial charge in [0.1, 0.15) is 5.58 Å². The fourth-order valence-electron chi connectivity index (χ4n) is 1.89. The zero-order valence-electron chi connectivity index (χ0n) is 11.9. The summed E-state index contributed by atoms with van der Waals surface area (Å²) in [6.45, 7) is 6.37. The van der Waals surface area contributed by atoms with Gasteiger partial charge in [-0.15, -0.1) is 0 Å². The molecule has 1 amide bonds. The lowest BCUT2D eigenvalue weighted by atomic mass is 9.88. The van der Waals surface area contributed by atoms with Crippen LogP contribution in [-0.4, -0.2) is 18.0 Å². The molecular formula is C15H19BrN2O2. The summed E-state index contributed by atoms with van der Waals surface area (Å²) in [6.07, 6.45) is 0. The minimum atomic E-state index is -0.451. The van der Waals surface area contributed by atoms with Crippen LogP contribution in [0.1, 0.15) is 31.3 Å². The molecule has 1 heterocycles. The van der Waals surface area contributed by atoms with Crippen molar-refractivity contribution in [2.24, 2.45) is 11.7 Å². The van der Waals surface area contributed by atoms with Crippen molar-refractivity contribution in [3.63, 3.8) is 0 Å². The minimum absolute atomic E-state index is 0.229. The number of rotatable bonds is 4. The van der Waals surface area contributed by atoms with Crippen LogP contribution in [0, 0.1) is 5.92 Å². The highest BCUT2D eigenvalue weighted by atomic mass is 79.9. The van der Waals surface area contributed by atoms with E-state index in [4.69, 9.17) is 10.2 Å². The molecule has 0 radical (unpaired) electrons. The van der Waals surface area contributed by atoms with E-state index in [0.717, 1.165) is 9.86 Å². The molecule has 0 aliphatic carbocycles. The summed E-state index contributed by atoms with van der Waals surface area (Å²) in [5.41, 5.74) is 6.01. The van der Waals surface area contributed by atoms with E-state index >= 15 is 0 Å². The lowest BCUT2D eigenvalue weighted by Crippen LogP contribution is -2.54. The predicted octanol–water partition coefficient (Wildman–Crippen LogP) is 3.30. The van der Waals surface area contributed by atoms with Crippen LogP contribution in [0.15, 0.2) is 33.2 Å². The van der Waals surface area contributed by atoms with E-state index in [0.29, 0.717) is 17.9 Å². The molecule has 1 atom stereocenters. The highest BCUT2D eigenvalue weighted by Gasteiger charge is 2.30. The van der Waals surface area contributed by atoms with Crippen LogP contribution < -0.4 is 11.1 Å². The quantitative estimate of drug-likeness (QED) is 0.898. The zero-order valence-corrected chi connectivity index (χ0v) is 13.5. The van der Waals surface area contributed by atoms with Gasteiger partial charge in [-0.1, -0.05) is 26.0 Å². The molecule has 1 aromatic carbocycles. The van der Waals surface area contributed by atoms with E-state index in [1.54, 1.807) is 6.07 Å². The molecule has 0 bridgehead atoms. The van der Waals surface area contributed by atoms with Crippen LogP contribution >= 0.6 is 15.9 Å². The molecule has 0 saturated carbocycles. The molecule has 0 fully saturated rings.